The number of aromatic nitrogens is 4. The molecule has 0 aliphatic rings. The fourth-order valence-electron chi connectivity index (χ4n) is 2.22. The Bertz CT molecular complexity index is 828. The van der Waals surface area contributed by atoms with Gasteiger partial charge >= 0.3 is 0 Å². The minimum Gasteiger partial charge on any atom is -0.481 e. The summed E-state index contributed by atoms with van der Waals surface area (Å²) in [5.74, 6) is 0.969. The third kappa shape index (κ3) is 2.29. The molecule has 0 aromatic carbocycles. The van der Waals surface area contributed by atoms with Gasteiger partial charge in [0.25, 0.3) is 5.56 Å². The highest BCUT2D eigenvalue weighted by atomic mass is 16.5. The fraction of sp³-hybridized carbons (Fsp3) is 0.267. The van der Waals surface area contributed by atoms with Crippen LogP contribution in [0.5, 0.6) is 5.88 Å². The molecule has 3 aromatic heterocycles. The average molecular weight is 284 g/mol. The molecule has 0 spiro atoms. The molecule has 1 N–H and O–H groups in total. The van der Waals surface area contributed by atoms with Crippen molar-refractivity contribution in [1.29, 1.82) is 0 Å². The van der Waals surface area contributed by atoms with Crippen molar-refractivity contribution in [3.8, 4) is 17.1 Å². The van der Waals surface area contributed by atoms with Gasteiger partial charge < -0.3 is 4.74 Å². The molecule has 0 saturated carbocycles. The number of hydrogen-bond donors (Lipinski definition) is 1. The van der Waals surface area contributed by atoms with Gasteiger partial charge in [-0.05, 0) is 24.1 Å². The number of fused-ring (bicyclic) bond motifs is 1. The third-order valence-corrected chi connectivity index (χ3v) is 3.36. The van der Waals surface area contributed by atoms with Gasteiger partial charge in [0.2, 0.25) is 5.88 Å². The highest BCUT2D eigenvalue weighted by molar-refractivity contribution is 5.78. The van der Waals surface area contributed by atoms with Crippen LogP contribution in [0.25, 0.3) is 16.8 Å². The number of ether oxygens (including phenoxy) is 1. The van der Waals surface area contributed by atoms with Crippen LogP contribution in [-0.2, 0) is 0 Å². The monoisotopic (exact) mass is 284 g/mol. The summed E-state index contributed by atoms with van der Waals surface area (Å²) < 4.78 is 7.11. The van der Waals surface area contributed by atoms with Crippen LogP contribution in [0.4, 0.5) is 0 Å². The first kappa shape index (κ1) is 13.4. The zero-order valence-electron chi connectivity index (χ0n) is 12.1. The summed E-state index contributed by atoms with van der Waals surface area (Å²) in [5.41, 5.74) is 3.24. The van der Waals surface area contributed by atoms with Crippen molar-refractivity contribution >= 4 is 5.52 Å². The van der Waals surface area contributed by atoms with E-state index in [0.717, 1.165) is 16.8 Å². The normalized spacial score (nSPS) is 11.2. The molecule has 6 heteroatoms. The molecule has 0 bridgehead atoms. The van der Waals surface area contributed by atoms with Crippen molar-refractivity contribution in [3.05, 3.63) is 46.4 Å². The first-order chi connectivity index (χ1) is 10.1. The molecule has 0 unspecified atom stereocenters. The number of hydrogen-bond acceptors (Lipinski definition) is 4. The lowest BCUT2D eigenvalue weighted by Gasteiger charge is -2.07. The molecule has 0 radical (unpaired) electrons. The van der Waals surface area contributed by atoms with E-state index in [0.29, 0.717) is 17.5 Å². The maximum Gasteiger partial charge on any atom is 0.264 e. The minimum atomic E-state index is -0.223. The molecule has 3 aromatic rings. The molecule has 6 nitrogen and oxygen atoms in total. The van der Waals surface area contributed by atoms with Crippen LogP contribution < -0.4 is 10.3 Å². The summed E-state index contributed by atoms with van der Waals surface area (Å²) in [5, 5.41) is 11.1. The lowest BCUT2D eigenvalue weighted by molar-refractivity contribution is 0.385. The summed E-state index contributed by atoms with van der Waals surface area (Å²) >= 11 is 0. The van der Waals surface area contributed by atoms with Crippen molar-refractivity contribution in [1.82, 2.24) is 19.8 Å². The second-order valence-corrected chi connectivity index (χ2v) is 5.12. The molecule has 3 heterocycles. The standard InChI is InChI=1S/C15H16N4O2/c1-9(2)12-8-13-10(11-5-6-14(20)17-16-11)4-7-15(21-3)19(13)18-12/h4-9H,1-3H3,(H,17,20). The SMILES string of the molecule is COc1ccc(-c2ccc(=O)[nH]n2)c2cc(C(C)C)nn12. The van der Waals surface area contributed by atoms with Crippen LogP contribution in [0, 0.1) is 0 Å². The van der Waals surface area contributed by atoms with E-state index in [1.165, 1.54) is 6.07 Å². The average Bonchev–Trinajstić information content (AvgIpc) is 2.92. The van der Waals surface area contributed by atoms with Gasteiger partial charge in [0.05, 0.1) is 24.0 Å². The summed E-state index contributed by atoms with van der Waals surface area (Å²) in [4.78, 5) is 11.2. The van der Waals surface area contributed by atoms with E-state index in [4.69, 9.17) is 4.74 Å². The summed E-state index contributed by atoms with van der Waals surface area (Å²) in [6, 6.07) is 8.94. The molecule has 0 amide bonds. The quantitative estimate of drug-likeness (QED) is 0.800. The maximum atomic E-state index is 11.2. The fourth-order valence-corrected chi connectivity index (χ4v) is 2.22. The van der Waals surface area contributed by atoms with Crippen LogP contribution >= 0.6 is 0 Å². The number of pyridine rings is 1. The van der Waals surface area contributed by atoms with Gasteiger partial charge in [-0.3, -0.25) is 4.79 Å². The number of nitrogens with one attached hydrogen (secondary N) is 1. The van der Waals surface area contributed by atoms with E-state index in [-0.39, 0.29) is 5.56 Å². The number of H-pyrrole nitrogens is 1. The van der Waals surface area contributed by atoms with E-state index >= 15 is 0 Å². The summed E-state index contributed by atoms with van der Waals surface area (Å²) in [6.07, 6.45) is 0. The van der Waals surface area contributed by atoms with Gasteiger partial charge in [-0.1, -0.05) is 13.8 Å². The zero-order chi connectivity index (χ0) is 15.0. The van der Waals surface area contributed by atoms with E-state index in [1.54, 1.807) is 17.7 Å². The van der Waals surface area contributed by atoms with E-state index < -0.39 is 0 Å². The van der Waals surface area contributed by atoms with E-state index in [9.17, 15) is 4.79 Å². The molecular formula is C15H16N4O2. The minimum absolute atomic E-state index is 0.223. The molecule has 0 aliphatic heterocycles. The Kier molecular flexibility index (Phi) is 3.21. The van der Waals surface area contributed by atoms with Gasteiger partial charge in [0.15, 0.2) is 0 Å². The van der Waals surface area contributed by atoms with Gasteiger partial charge in [-0.2, -0.15) is 10.2 Å². The van der Waals surface area contributed by atoms with Gasteiger partial charge in [-0.15, -0.1) is 0 Å². The smallest absolute Gasteiger partial charge is 0.264 e. The first-order valence-corrected chi connectivity index (χ1v) is 6.73. The van der Waals surface area contributed by atoms with Gasteiger partial charge in [0.1, 0.15) is 0 Å². The molecule has 0 saturated heterocycles. The predicted octanol–water partition coefficient (Wildman–Crippen LogP) is 2.22. The Morgan fingerprint density at radius 1 is 1.24 bits per heavy atom. The third-order valence-electron chi connectivity index (χ3n) is 3.36. The molecule has 108 valence electrons. The molecule has 0 atom stereocenters. The Morgan fingerprint density at radius 3 is 2.67 bits per heavy atom. The predicted molar refractivity (Wildman–Crippen MR) is 79.7 cm³/mol. The van der Waals surface area contributed by atoms with Crippen molar-refractivity contribution < 1.29 is 4.74 Å². The highest BCUT2D eigenvalue weighted by Crippen LogP contribution is 2.28. The van der Waals surface area contributed by atoms with Crippen molar-refractivity contribution in [3.63, 3.8) is 0 Å². The molecule has 0 aliphatic carbocycles. The molecule has 3 rings (SSSR count). The molecular weight excluding hydrogens is 268 g/mol. The van der Waals surface area contributed by atoms with Crippen LogP contribution in [-0.4, -0.2) is 26.9 Å². The second kappa shape index (κ2) is 5.05. The van der Waals surface area contributed by atoms with Crippen LogP contribution in [0.15, 0.2) is 35.1 Å². The number of rotatable bonds is 3. The molecule has 21 heavy (non-hydrogen) atoms. The van der Waals surface area contributed by atoms with Crippen molar-refractivity contribution in [2.75, 3.05) is 7.11 Å². The van der Waals surface area contributed by atoms with Crippen LogP contribution in [0.3, 0.4) is 0 Å². The largest absolute Gasteiger partial charge is 0.481 e. The van der Waals surface area contributed by atoms with Crippen LogP contribution in [0.1, 0.15) is 25.5 Å². The van der Waals surface area contributed by atoms with Crippen molar-refractivity contribution in [2.24, 2.45) is 0 Å². The van der Waals surface area contributed by atoms with E-state index in [1.807, 2.05) is 18.2 Å². The Hall–Kier alpha value is -2.63. The van der Waals surface area contributed by atoms with Crippen molar-refractivity contribution in [2.45, 2.75) is 19.8 Å². The van der Waals surface area contributed by atoms with Crippen LogP contribution in [0.2, 0.25) is 0 Å². The molecule has 0 fully saturated rings. The first-order valence-electron chi connectivity index (χ1n) is 6.73. The maximum absolute atomic E-state index is 11.2. The highest BCUT2D eigenvalue weighted by Gasteiger charge is 2.14. The topological polar surface area (TPSA) is 72.3 Å². The Morgan fingerprint density at radius 2 is 2.05 bits per heavy atom. The lowest BCUT2D eigenvalue weighted by Crippen LogP contribution is -2.06. The van der Waals surface area contributed by atoms with E-state index in [2.05, 4.69) is 29.1 Å². The summed E-state index contributed by atoms with van der Waals surface area (Å²) in [7, 11) is 1.61. The number of nitrogens with zero attached hydrogens (tertiary/aromatic N) is 3. The number of methoxy groups -OCH3 is 1. The van der Waals surface area contributed by atoms with Gasteiger partial charge in [-0.25, -0.2) is 9.61 Å². The lowest BCUT2D eigenvalue weighted by atomic mass is 10.1. The Labute approximate surface area is 121 Å². The second-order valence-electron chi connectivity index (χ2n) is 5.12. The van der Waals surface area contributed by atoms with Gasteiger partial charge in [0, 0.05) is 17.7 Å². The zero-order valence-corrected chi connectivity index (χ0v) is 12.1. The number of aromatic amines is 1. The summed E-state index contributed by atoms with van der Waals surface area (Å²) in [6.45, 7) is 4.18. The Balaban J connectivity index is 2.28.